The van der Waals surface area contributed by atoms with Gasteiger partial charge in [0.1, 0.15) is 0 Å². The number of hydrogen-bond acceptors (Lipinski definition) is 7. The van der Waals surface area contributed by atoms with Crippen LogP contribution in [0.3, 0.4) is 0 Å². The third-order valence-corrected chi connectivity index (χ3v) is 6.34. The highest BCUT2D eigenvalue weighted by molar-refractivity contribution is 7.07. The zero-order valence-corrected chi connectivity index (χ0v) is 20.8. The first-order valence-corrected chi connectivity index (χ1v) is 12.3. The van der Waals surface area contributed by atoms with Crippen LogP contribution in [0.5, 0.6) is 0 Å². The fourth-order valence-corrected chi connectivity index (χ4v) is 4.52. The van der Waals surface area contributed by atoms with E-state index in [0.717, 1.165) is 39.3 Å². The van der Waals surface area contributed by atoms with E-state index in [2.05, 4.69) is 37.7 Å². The highest BCUT2D eigenvalue weighted by atomic mass is 32.1. The van der Waals surface area contributed by atoms with E-state index < -0.39 is 24.3 Å². The van der Waals surface area contributed by atoms with Crippen LogP contribution < -0.4 is 0 Å². The molecule has 15 heteroatoms. The zero-order chi connectivity index (χ0) is 28.3. The molecule has 0 radical (unpaired) electrons. The van der Waals surface area contributed by atoms with E-state index in [1.54, 1.807) is 11.3 Å². The van der Waals surface area contributed by atoms with Gasteiger partial charge in [-0.25, -0.2) is 9.59 Å². The highest BCUT2D eigenvalue weighted by Gasteiger charge is 2.39. The second kappa shape index (κ2) is 14.4. The van der Waals surface area contributed by atoms with Gasteiger partial charge < -0.3 is 14.9 Å². The quantitative estimate of drug-likeness (QED) is 0.529. The average molecular weight is 572 g/mol. The second-order valence-electron chi connectivity index (χ2n) is 8.53. The second-order valence-corrected chi connectivity index (χ2v) is 9.31. The van der Waals surface area contributed by atoms with Gasteiger partial charge >= 0.3 is 24.3 Å². The van der Waals surface area contributed by atoms with E-state index in [0.29, 0.717) is 12.0 Å². The van der Waals surface area contributed by atoms with Crippen molar-refractivity contribution >= 4 is 23.3 Å². The maximum Gasteiger partial charge on any atom is 0.490 e. The van der Waals surface area contributed by atoms with Crippen LogP contribution in [-0.4, -0.2) is 88.2 Å². The number of likely N-dealkylation sites (tertiary alicyclic amines) is 1. The van der Waals surface area contributed by atoms with Crippen molar-refractivity contribution in [1.29, 1.82) is 0 Å². The summed E-state index contributed by atoms with van der Waals surface area (Å²) in [5.74, 6) is -4.86. The number of aliphatic carboxylic acids is 2. The maximum absolute atomic E-state index is 10.6. The number of ether oxygens (including phenoxy) is 1. The number of piperidine rings is 1. The topological polar surface area (TPSA) is 103 Å². The summed E-state index contributed by atoms with van der Waals surface area (Å²) >= 11 is 1.79. The molecule has 8 nitrogen and oxygen atoms in total. The van der Waals surface area contributed by atoms with Crippen LogP contribution in [0.15, 0.2) is 41.4 Å². The minimum Gasteiger partial charge on any atom is -0.475 e. The number of carboxylic acid groups (broad SMARTS) is 2. The lowest BCUT2D eigenvalue weighted by atomic mass is 9.93. The number of fused-ring (bicyclic) bond motifs is 1. The van der Waals surface area contributed by atoms with Crippen molar-refractivity contribution < 1.29 is 50.9 Å². The summed E-state index contributed by atoms with van der Waals surface area (Å²) in [6.45, 7) is 7.31. The van der Waals surface area contributed by atoms with Crippen molar-refractivity contribution in [3.8, 4) is 0 Å². The van der Waals surface area contributed by atoms with E-state index >= 15 is 0 Å². The fraction of sp³-hybridized carbons (Fsp3) is 0.522. The predicted molar refractivity (Wildman–Crippen MR) is 124 cm³/mol. The lowest BCUT2D eigenvalue weighted by Crippen LogP contribution is -2.46. The van der Waals surface area contributed by atoms with Gasteiger partial charge in [0.25, 0.3) is 0 Å². The molecule has 0 amide bonds. The van der Waals surface area contributed by atoms with Crippen molar-refractivity contribution in [1.82, 2.24) is 14.8 Å². The smallest absolute Gasteiger partial charge is 0.475 e. The molecule has 0 bridgehead atoms. The summed E-state index contributed by atoms with van der Waals surface area (Å²) < 4.78 is 69.7. The summed E-state index contributed by atoms with van der Waals surface area (Å²) in [5, 5.41) is 18.7. The fourth-order valence-electron chi connectivity index (χ4n) is 3.86. The van der Waals surface area contributed by atoms with E-state index in [-0.39, 0.29) is 0 Å². The first kappa shape index (κ1) is 31.5. The van der Waals surface area contributed by atoms with Gasteiger partial charge in [0.15, 0.2) is 0 Å². The van der Waals surface area contributed by atoms with Gasteiger partial charge in [-0.2, -0.15) is 37.7 Å². The van der Waals surface area contributed by atoms with Crippen LogP contribution in [0, 0.1) is 5.92 Å². The molecule has 0 aromatic carbocycles. The summed E-state index contributed by atoms with van der Waals surface area (Å²) in [6, 6.07) is 6.43. The number of aromatic nitrogens is 1. The zero-order valence-electron chi connectivity index (χ0n) is 20.0. The van der Waals surface area contributed by atoms with Gasteiger partial charge in [-0.1, -0.05) is 6.07 Å². The summed E-state index contributed by atoms with van der Waals surface area (Å²) in [7, 11) is 0. The minimum absolute atomic E-state index is 0.385. The molecule has 2 aliphatic rings. The molecule has 2 aliphatic heterocycles. The molecule has 0 spiro atoms. The van der Waals surface area contributed by atoms with E-state index in [1.165, 1.54) is 24.1 Å². The molecule has 0 saturated carbocycles. The molecule has 2 atom stereocenters. The number of carboxylic acids is 2. The Morgan fingerprint density at radius 2 is 1.58 bits per heavy atom. The maximum atomic E-state index is 10.6. The standard InChI is InChI=1S/C19H25N3OS.2C2HF3O2/c1-2-16(10-20-5-1)11-22-7-8-23-19-14-21(6-3-18(19)13-22)12-17-4-9-24-15-17;2*3-2(4,5)1(6)7/h1-2,4-5,9-10,15,18-19H,3,6-8,11-14H2;2*(H,6,7)/t18-,19-;;/m1../s1. The molecule has 4 heterocycles. The Morgan fingerprint density at radius 1 is 0.974 bits per heavy atom. The van der Waals surface area contributed by atoms with Gasteiger partial charge in [-0.05, 0) is 47.0 Å². The number of alkyl halides is 6. The van der Waals surface area contributed by atoms with Crippen molar-refractivity contribution in [3.05, 3.63) is 52.5 Å². The lowest BCUT2D eigenvalue weighted by molar-refractivity contribution is -0.193. The van der Waals surface area contributed by atoms with Crippen LogP contribution in [-0.2, 0) is 27.4 Å². The van der Waals surface area contributed by atoms with Crippen molar-refractivity contribution in [2.24, 2.45) is 5.92 Å². The molecule has 2 aromatic rings. The average Bonchev–Trinajstić information content (AvgIpc) is 3.25. The van der Waals surface area contributed by atoms with Crippen LogP contribution >= 0.6 is 11.3 Å². The van der Waals surface area contributed by atoms with Crippen molar-refractivity contribution in [3.63, 3.8) is 0 Å². The Morgan fingerprint density at radius 3 is 2.11 bits per heavy atom. The van der Waals surface area contributed by atoms with Gasteiger partial charge in [0, 0.05) is 51.0 Å². The Labute approximate surface area is 218 Å². The van der Waals surface area contributed by atoms with Crippen LogP contribution in [0.2, 0.25) is 0 Å². The molecular formula is C23H27F6N3O5S. The summed E-state index contributed by atoms with van der Waals surface area (Å²) in [6.07, 6.45) is -4.73. The number of thiophene rings is 1. The molecular weight excluding hydrogens is 544 g/mol. The molecule has 212 valence electrons. The normalized spacial score (nSPS) is 20.6. The third-order valence-electron chi connectivity index (χ3n) is 5.61. The van der Waals surface area contributed by atoms with Crippen molar-refractivity contribution in [2.75, 3.05) is 32.8 Å². The Bertz CT molecular complexity index is 968. The molecule has 0 unspecified atom stereocenters. The number of pyridine rings is 1. The molecule has 2 aromatic heterocycles. The van der Waals surface area contributed by atoms with Crippen LogP contribution in [0.25, 0.3) is 0 Å². The molecule has 0 aliphatic carbocycles. The Kier molecular flexibility index (Phi) is 11.9. The van der Waals surface area contributed by atoms with Gasteiger partial charge in [-0.15, -0.1) is 0 Å². The van der Waals surface area contributed by atoms with E-state index in [9.17, 15) is 26.3 Å². The number of hydrogen-bond donors (Lipinski definition) is 2. The molecule has 4 rings (SSSR count). The first-order chi connectivity index (χ1) is 17.8. The van der Waals surface area contributed by atoms with Crippen LogP contribution in [0.4, 0.5) is 26.3 Å². The van der Waals surface area contributed by atoms with Crippen LogP contribution in [0.1, 0.15) is 17.5 Å². The van der Waals surface area contributed by atoms with Gasteiger partial charge in [-0.3, -0.25) is 14.8 Å². The Hall–Kier alpha value is -2.75. The lowest BCUT2D eigenvalue weighted by Gasteiger charge is -2.38. The van der Waals surface area contributed by atoms with E-state index in [1.807, 2.05) is 18.5 Å². The number of halogens is 6. The summed E-state index contributed by atoms with van der Waals surface area (Å²) in [4.78, 5) is 27.1. The highest BCUT2D eigenvalue weighted by Crippen LogP contribution is 2.26. The summed E-state index contributed by atoms with van der Waals surface area (Å²) in [5.41, 5.74) is 2.73. The van der Waals surface area contributed by atoms with E-state index in [4.69, 9.17) is 24.5 Å². The molecule has 2 N–H and O–H groups in total. The predicted octanol–water partition coefficient (Wildman–Crippen LogP) is 4.13. The number of carbonyl (C=O) groups is 2. The largest absolute Gasteiger partial charge is 0.490 e. The SMILES string of the molecule is O=C(O)C(F)(F)F.O=C(O)C(F)(F)F.c1cncc(CN2CCO[C@@H]3CN(Cc4ccsc4)CC[C@@H]3C2)c1. The molecule has 2 saturated heterocycles. The Balaban J connectivity index is 0.000000301. The third kappa shape index (κ3) is 11.3. The first-order valence-electron chi connectivity index (χ1n) is 11.3. The van der Waals surface area contributed by atoms with Gasteiger partial charge in [0.2, 0.25) is 0 Å². The molecule has 2 fully saturated rings. The number of nitrogens with zero attached hydrogens (tertiary/aromatic N) is 3. The monoisotopic (exact) mass is 571 g/mol. The molecule has 38 heavy (non-hydrogen) atoms. The number of rotatable bonds is 4. The minimum atomic E-state index is -5.08. The van der Waals surface area contributed by atoms with Crippen molar-refractivity contribution in [2.45, 2.75) is 38.0 Å². The van der Waals surface area contributed by atoms with Gasteiger partial charge in [0.05, 0.1) is 12.7 Å².